The summed E-state index contributed by atoms with van der Waals surface area (Å²) in [6, 6.07) is 6.33. The molecular formula is C25H18F8N2O4S. The van der Waals surface area contributed by atoms with Gasteiger partial charge in [0.2, 0.25) is 5.76 Å². The second kappa shape index (κ2) is 9.01. The van der Waals surface area contributed by atoms with Gasteiger partial charge in [0, 0.05) is 30.6 Å². The zero-order valence-corrected chi connectivity index (χ0v) is 20.9. The number of nitrogens with zero attached hydrogens (tertiary/aromatic N) is 2. The Hall–Kier alpha value is -3.49. The third-order valence-corrected chi connectivity index (χ3v) is 10.1. The minimum atomic E-state index is -6.36. The van der Waals surface area contributed by atoms with E-state index in [1.165, 1.54) is 12.3 Å². The Labute approximate surface area is 221 Å². The fraction of sp³-hybridized carbons (Fsp3) is 0.360. The van der Waals surface area contributed by atoms with Gasteiger partial charge in [-0.25, -0.2) is 17.2 Å². The van der Waals surface area contributed by atoms with Crippen molar-refractivity contribution in [2.45, 2.75) is 40.5 Å². The zero-order valence-electron chi connectivity index (χ0n) is 20.1. The molecule has 1 amide bonds. The number of amides is 1. The van der Waals surface area contributed by atoms with Crippen LogP contribution >= 0.6 is 0 Å². The van der Waals surface area contributed by atoms with Crippen LogP contribution in [0, 0.1) is 11.7 Å². The molecule has 2 atom stereocenters. The highest BCUT2D eigenvalue weighted by atomic mass is 32.2. The Morgan fingerprint density at radius 1 is 0.975 bits per heavy atom. The van der Waals surface area contributed by atoms with Crippen molar-refractivity contribution in [3.8, 4) is 0 Å². The molecule has 5 rings (SSSR count). The molecule has 15 heteroatoms. The third-order valence-electron chi connectivity index (χ3n) is 7.57. The largest absolute Gasteiger partial charge is 0.435 e. The average molecular weight is 594 g/mol. The maximum Gasteiger partial charge on any atom is 0.435 e. The standard InChI is InChI=1S/C25H18F8N2O4S/c26-17-4-6-18(7-5-17)40(37,38)22-13-35(21(36)20-9-10-34-39-20)12-16(22)2-1-14-11-15(3-8-19(14)22)23(27,24(28,29)30)25(31,32)33/h3-11,16H,1-2,12-13H2/t16-,22?/m1/s1. The van der Waals surface area contributed by atoms with Crippen LogP contribution in [0.15, 0.2) is 64.1 Å². The van der Waals surface area contributed by atoms with E-state index in [1.807, 2.05) is 0 Å². The molecule has 1 aromatic heterocycles. The monoisotopic (exact) mass is 594 g/mol. The number of carbonyl (C=O) groups is 1. The van der Waals surface area contributed by atoms with Crippen LogP contribution in [0.5, 0.6) is 0 Å². The molecule has 6 nitrogen and oxygen atoms in total. The van der Waals surface area contributed by atoms with Gasteiger partial charge >= 0.3 is 18.0 Å². The first-order valence-corrected chi connectivity index (χ1v) is 13.2. The number of aromatic nitrogens is 1. The molecule has 0 N–H and O–H groups in total. The summed E-state index contributed by atoms with van der Waals surface area (Å²) in [5.74, 6) is -2.58. The number of sulfone groups is 1. The lowest BCUT2D eigenvalue weighted by molar-refractivity contribution is -0.348. The fourth-order valence-corrected chi connectivity index (χ4v) is 8.04. The number of alkyl halides is 7. The van der Waals surface area contributed by atoms with E-state index in [-0.39, 0.29) is 47.2 Å². The Balaban J connectivity index is 1.71. The van der Waals surface area contributed by atoms with Crippen LogP contribution in [0.25, 0.3) is 0 Å². The minimum Gasteiger partial charge on any atom is -0.351 e. The maximum atomic E-state index is 14.9. The van der Waals surface area contributed by atoms with Gasteiger partial charge in [-0.1, -0.05) is 23.4 Å². The van der Waals surface area contributed by atoms with Gasteiger partial charge in [0.1, 0.15) is 10.6 Å². The van der Waals surface area contributed by atoms with E-state index in [4.69, 9.17) is 4.52 Å². The molecule has 0 saturated carbocycles. The summed E-state index contributed by atoms with van der Waals surface area (Å²) in [4.78, 5) is 13.8. The molecule has 1 fully saturated rings. The lowest BCUT2D eigenvalue weighted by Crippen LogP contribution is -2.51. The Bertz CT molecular complexity index is 1540. The summed E-state index contributed by atoms with van der Waals surface area (Å²) in [6.45, 7) is -0.706. The highest BCUT2D eigenvalue weighted by Crippen LogP contribution is 2.56. The van der Waals surface area contributed by atoms with Gasteiger partial charge in [-0.05, 0) is 48.2 Å². The van der Waals surface area contributed by atoms with Crippen molar-refractivity contribution in [1.29, 1.82) is 0 Å². The van der Waals surface area contributed by atoms with Gasteiger partial charge in [0.25, 0.3) is 5.91 Å². The number of likely N-dealkylation sites (tertiary alicyclic amines) is 1. The summed E-state index contributed by atoms with van der Waals surface area (Å²) < 4.78 is 140. The third kappa shape index (κ3) is 3.91. The van der Waals surface area contributed by atoms with Crippen molar-refractivity contribution in [1.82, 2.24) is 10.1 Å². The molecule has 1 aliphatic heterocycles. The lowest BCUT2D eigenvalue weighted by atomic mass is 9.75. The van der Waals surface area contributed by atoms with Gasteiger partial charge < -0.3 is 9.42 Å². The molecule has 1 aliphatic carbocycles. The summed E-state index contributed by atoms with van der Waals surface area (Å²) in [7, 11) is -4.58. The van der Waals surface area contributed by atoms with Crippen LogP contribution in [-0.4, -0.2) is 49.8 Å². The number of halogens is 8. The minimum absolute atomic E-state index is 0.0750. The molecule has 0 radical (unpaired) electrons. The summed E-state index contributed by atoms with van der Waals surface area (Å²) in [5, 5.41) is 3.44. The Morgan fingerprint density at radius 3 is 2.20 bits per heavy atom. The molecule has 214 valence electrons. The number of aryl methyl sites for hydroxylation is 1. The average Bonchev–Trinajstić information content (AvgIpc) is 3.55. The van der Waals surface area contributed by atoms with E-state index in [9.17, 15) is 48.3 Å². The molecule has 1 saturated heterocycles. The van der Waals surface area contributed by atoms with Crippen molar-refractivity contribution < 1.29 is 52.9 Å². The van der Waals surface area contributed by atoms with E-state index in [2.05, 4.69) is 5.16 Å². The maximum absolute atomic E-state index is 14.9. The van der Waals surface area contributed by atoms with E-state index in [1.54, 1.807) is 0 Å². The zero-order chi connectivity index (χ0) is 29.3. The molecule has 2 aliphatic rings. The highest BCUT2D eigenvalue weighted by molar-refractivity contribution is 7.92. The normalized spacial score (nSPS) is 21.7. The predicted molar refractivity (Wildman–Crippen MR) is 121 cm³/mol. The molecule has 0 spiro atoms. The van der Waals surface area contributed by atoms with Gasteiger partial charge in [-0.2, -0.15) is 26.3 Å². The smallest absolute Gasteiger partial charge is 0.351 e. The van der Waals surface area contributed by atoms with E-state index < -0.39 is 62.4 Å². The molecule has 0 bridgehead atoms. The number of hydrogen-bond donors (Lipinski definition) is 0. The topological polar surface area (TPSA) is 80.5 Å². The quantitative estimate of drug-likeness (QED) is 0.295. The highest BCUT2D eigenvalue weighted by Gasteiger charge is 2.73. The first-order valence-electron chi connectivity index (χ1n) is 11.7. The molecule has 2 heterocycles. The first-order chi connectivity index (χ1) is 18.5. The molecule has 1 unspecified atom stereocenters. The van der Waals surface area contributed by atoms with Crippen LogP contribution in [-0.2, 0) is 26.7 Å². The van der Waals surface area contributed by atoms with E-state index >= 15 is 0 Å². The lowest BCUT2D eigenvalue weighted by Gasteiger charge is -2.40. The van der Waals surface area contributed by atoms with Gasteiger partial charge in [0.15, 0.2) is 9.84 Å². The second-order valence-electron chi connectivity index (χ2n) is 9.67. The molecule has 3 aromatic rings. The van der Waals surface area contributed by atoms with Gasteiger partial charge in [-0.3, -0.25) is 4.79 Å². The van der Waals surface area contributed by atoms with Gasteiger partial charge in [-0.15, -0.1) is 0 Å². The first kappa shape index (κ1) is 28.1. The van der Waals surface area contributed by atoms with Crippen LogP contribution in [0.1, 0.15) is 33.7 Å². The van der Waals surface area contributed by atoms with Crippen molar-refractivity contribution in [3.63, 3.8) is 0 Å². The van der Waals surface area contributed by atoms with Crippen molar-refractivity contribution >= 4 is 15.7 Å². The predicted octanol–water partition coefficient (Wildman–Crippen LogP) is 5.49. The van der Waals surface area contributed by atoms with Gasteiger partial charge in [0.05, 0.1) is 11.1 Å². The van der Waals surface area contributed by atoms with Crippen LogP contribution in [0.3, 0.4) is 0 Å². The summed E-state index contributed by atoms with van der Waals surface area (Å²) >= 11 is 0. The molecule has 2 aromatic carbocycles. The van der Waals surface area contributed by atoms with Crippen molar-refractivity contribution in [2.75, 3.05) is 13.1 Å². The Kier molecular flexibility index (Phi) is 6.32. The number of rotatable bonds is 4. The van der Waals surface area contributed by atoms with E-state index in [0.717, 1.165) is 35.2 Å². The summed E-state index contributed by atoms with van der Waals surface area (Å²) in [5.41, 5.74) is -7.87. The van der Waals surface area contributed by atoms with Crippen LogP contribution in [0.2, 0.25) is 0 Å². The summed E-state index contributed by atoms with van der Waals surface area (Å²) in [6.07, 6.45) is -11.8. The molecule has 40 heavy (non-hydrogen) atoms. The van der Waals surface area contributed by atoms with Crippen LogP contribution in [0.4, 0.5) is 35.1 Å². The second-order valence-corrected chi connectivity index (χ2v) is 11.9. The van der Waals surface area contributed by atoms with Crippen molar-refractivity contribution in [2.24, 2.45) is 5.92 Å². The number of carbonyl (C=O) groups excluding carboxylic acids is 1. The SMILES string of the molecule is O=C(c1ccno1)N1C[C@H]2CCc3cc(C(F)(C(F)(F)F)C(F)(F)F)ccc3C2(S(=O)(=O)c2ccc(F)cc2)C1. The number of hydrogen-bond acceptors (Lipinski definition) is 5. The molecular weight excluding hydrogens is 576 g/mol. The number of benzene rings is 2. The van der Waals surface area contributed by atoms with E-state index in [0.29, 0.717) is 6.07 Å². The van der Waals surface area contributed by atoms with Crippen molar-refractivity contribution in [3.05, 3.63) is 83.0 Å². The van der Waals surface area contributed by atoms with Crippen LogP contribution < -0.4 is 0 Å². The fourth-order valence-electron chi connectivity index (χ4n) is 5.68. The number of fused-ring (bicyclic) bond motifs is 3. The Morgan fingerprint density at radius 2 is 1.62 bits per heavy atom.